The molecule has 1 nitrogen and oxygen atoms in total. The molecule has 1 aromatic rings. The lowest BCUT2D eigenvalue weighted by molar-refractivity contribution is 0.378. The van der Waals surface area contributed by atoms with Crippen molar-refractivity contribution >= 4 is 0 Å². The number of nitrogens with one attached hydrogen (secondary N) is 1. The Morgan fingerprint density at radius 2 is 2.00 bits per heavy atom. The van der Waals surface area contributed by atoms with Crippen LogP contribution in [-0.4, -0.2) is 7.05 Å². The Morgan fingerprint density at radius 1 is 1.29 bits per heavy atom. The third-order valence-corrected chi connectivity index (χ3v) is 4.40. The molecule has 0 heterocycles. The molecular formula is C16H25N. The van der Waals surface area contributed by atoms with Crippen molar-refractivity contribution in [2.75, 3.05) is 7.05 Å². The van der Waals surface area contributed by atoms with Gasteiger partial charge in [0.05, 0.1) is 0 Å². The van der Waals surface area contributed by atoms with Crippen molar-refractivity contribution in [2.24, 2.45) is 5.92 Å². The van der Waals surface area contributed by atoms with Gasteiger partial charge in [-0.1, -0.05) is 51.0 Å². The average molecular weight is 231 g/mol. The van der Waals surface area contributed by atoms with Crippen molar-refractivity contribution in [3.63, 3.8) is 0 Å². The maximum atomic E-state index is 3.51. The van der Waals surface area contributed by atoms with Gasteiger partial charge in [-0.05, 0) is 42.9 Å². The molecule has 2 atom stereocenters. The van der Waals surface area contributed by atoms with Crippen LogP contribution in [0.25, 0.3) is 0 Å². The Hall–Kier alpha value is -0.820. The topological polar surface area (TPSA) is 12.0 Å². The van der Waals surface area contributed by atoms with Crippen LogP contribution in [0.15, 0.2) is 24.3 Å². The van der Waals surface area contributed by atoms with E-state index < -0.39 is 0 Å². The third-order valence-electron chi connectivity index (χ3n) is 4.40. The smallest absolute Gasteiger partial charge is 0.0346 e. The fourth-order valence-corrected chi connectivity index (χ4v) is 2.87. The van der Waals surface area contributed by atoms with E-state index in [1.54, 1.807) is 5.56 Å². The van der Waals surface area contributed by atoms with Crippen molar-refractivity contribution in [3.8, 4) is 0 Å². The van der Waals surface area contributed by atoms with Gasteiger partial charge in [0, 0.05) is 6.04 Å². The van der Waals surface area contributed by atoms with E-state index in [2.05, 4.69) is 50.5 Å². The predicted octanol–water partition coefficient (Wildman–Crippen LogP) is 4.26. The second kappa shape index (κ2) is 5.68. The summed E-state index contributed by atoms with van der Waals surface area (Å²) in [5.74, 6) is 1.52. The summed E-state index contributed by atoms with van der Waals surface area (Å²) in [6.45, 7) is 4.62. The monoisotopic (exact) mass is 231 g/mol. The van der Waals surface area contributed by atoms with Gasteiger partial charge in [0.15, 0.2) is 0 Å². The lowest BCUT2D eigenvalue weighted by Gasteiger charge is -2.32. The quantitative estimate of drug-likeness (QED) is 0.798. The van der Waals surface area contributed by atoms with Gasteiger partial charge in [-0.3, -0.25) is 0 Å². The highest BCUT2D eigenvalue weighted by Crippen LogP contribution is 2.40. The molecular weight excluding hydrogens is 206 g/mol. The molecule has 1 aromatic carbocycles. The second-order valence-corrected chi connectivity index (χ2v) is 5.41. The standard InChI is InChI=1S/C16H25N/c1-4-12(2)16(17-3)15-11-6-5-10-14(15)13-8-7-9-13/h5-6,10-13,16-17H,4,7-9H2,1-3H3. The van der Waals surface area contributed by atoms with Crippen molar-refractivity contribution in [3.05, 3.63) is 35.4 Å². The Bertz CT molecular complexity index is 354. The minimum atomic E-state index is 0.511. The molecule has 1 N–H and O–H groups in total. The van der Waals surface area contributed by atoms with Gasteiger partial charge in [0.25, 0.3) is 0 Å². The maximum Gasteiger partial charge on any atom is 0.0346 e. The lowest BCUT2D eigenvalue weighted by atomic mass is 9.76. The highest BCUT2D eigenvalue weighted by Gasteiger charge is 2.26. The average Bonchev–Trinajstić information content (AvgIpc) is 2.29. The SMILES string of the molecule is CCC(C)C(NC)c1ccccc1C1CCC1. The molecule has 1 aliphatic carbocycles. The molecule has 0 bridgehead atoms. The fourth-order valence-electron chi connectivity index (χ4n) is 2.87. The zero-order valence-electron chi connectivity index (χ0n) is 11.4. The molecule has 1 saturated carbocycles. The van der Waals surface area contributed by atoms with Gasteiger partial charge in [0.1, 0.15) is 0 Å². The number of hydrogen-bond acceptors (Lipinski definition) is 1. The van der Waals surface area contributed by atoms with Crippen LogP contribution in [0, 0.1) is 5.92 Å². The van der Waals surface area contributed by atoms with Crippen LogP contribution in [0.5, 0.6) is 0 Å². The first-order valence-corrected chi connectivity index (χ1v) is 7.04. The van der Waals surface area contributed by atoms with Crippen LogP contribution >= 0.6 is 0 Å². The summed E-state index contributed by atoms with van der Waals surface area (Å²) in [6.07, 6.45) is 5.40. The maximum absolute atomic E-state index is 3.51. The van der Waals surface area contributed by atoms with Gasteiger partial charge in [-0.2, -0.15) is 0 Å². The Morgan fingerprint density at radius 3 is 2.53 bits per heavy atom. The van der Waals surface area contributed by atoms with E-state index in [0.29, 0.717) is 12.0 Å². The summed E-state index contributed by atoms with van der Waals surface area (Å²) in [4.78, 5) is 0. The minimum Gasteiger partial charge on any atom is -0.313 e. The van der Waals surface area contributed by atoms with Gasteiger partial charge in [0.2, 0.25) is 0 Å². The largest absolute Gasteiger partial charge is 0.313 e. The highest BCUT2D eigenvalue weighted by molar-refractivity contribution is 5.34. The molecule has 2 unspecified atom stereocenters. The fraction of sp³-hybridized carbons (Fsp3) is 0.625. The van der Waals surface area contributed by atoms with Crippen LogP contribution in [0.3, 0.4) is 0 Å². The first-order chi connectivity index (χ1) is 8.27. The van der Waals surface area contributed by atoms with E-state index in [1.807, 2.05) is 0 Å². The van der Waals surface area contributed by atoms with Crippen LogP contribution in [-0.2, 0) is 0 Å². The van der Waals surface area contributed by atoms with E-state index in [9.17, 15) is 0 Å². The Labute approximate surface area is 106 Å². The predicted molar refractivity (Wildman–Crippen MR) is 74.3 cm³/mol. The van der Waals surface area contributed by atoms with Gasteiger partial charge >= 0.3 is 0 Å². The van der Waals surface area contributed by atoms with E-state index in [1.165, 1.54) is 31.2 Å². The molecule has 1 fully saturated rings. The lowest BCUT2D eigenvalue weighted by Crippen LogP contribution is -2.25. The molecule has 2 rings (SSSR count). The summed E-state index contributed by atoms with van der Waals surface area (Å²) >= 11 is 0. The first kappa shape index (κ1) is 12.6. The number of hydrogen-bond donors (Lipinski definition) is 1. The summed E-state index contributed by atoms with van der Waals surface area (Å²) in [5, 5.41) is 3.51. The third kappa shape index (κ3) is 2.55. The molecule has 0 aliphatic heterocycles. The zero-order valence-corrected chi connectivity index (χ0v) is 11.4. The summed E-state index contributed by atoms with van der Waals surface area (Å²) < 4.78 is 0. The zero-order chi connectivity index (χ0) is 12.3. The van der Waals surface area contributed by atoms with Gasteiger partial charge in [-0.25, -0.2) is 0 Å². The van der Waals surface area contributed by atoms with Crippen molar-refractivity contribution in [1.82, 2.24) is 5.32 Å². The van der Waals surface area contributed by atoms with Crippen molar-refractivity contribution in [2.45, 2.75) is 51.5 Å². The molecule has 0 spiro atoms. The molecule has 17 heavy (non-hydrogen) atoms. The van der Waals surface area contributed by atoms with Crippen LogP contribution in [0.2, 0.25) is 0 Å². The summed E-state index contributed by atoms with van der Waals surface area (Å²) in [7, 11) is 2.09. The Balaban J connectivity index is 2.28. The van der Waals surface area contributed by atoms with Crippen molar-refractivity contribution in [1.29, 1.82) is 0 Å². The van der Waals surface area contributed by atoms with Crippen LogP contribution < -0.4 is 5.32 Å². The van der Waals surface area contributed by atoms with Crippen LogP contribution in [0.4, 0.5) is 0 Å². The molecule has 0 amide bonds. The molecule has 0 aromatic heterocycles. The van der Waals surface area contributed by atoms with Crippen LogP contribution in [0.1, 0.15) is 62.6 Å². The van der Waals surface area contributed by atoms with Gasteiger partial charge in [-0.15, -0.1) is 0 Å². The highest BCUT2D eigenvalue weighted by atomic mass is 14.9. The Kier molecular flexibility index (Phi) is 4.22. The molecule has 1 heteroatoms. The molecule has 0 radical (unpaired) electrons. The summed E-state index contributed by atoms with van der Waals surface area (Å²) in [5.41, 5.74) is 3.13. The van der Waals surface area contributed by atoms with E-state index in [-0.39, 0.29) is 0 Å². The van der Waals surface area contributed by atoms with E-state index >= 15 is 0 Å². The normalized spacial score (nSPS) is 19.7. The second-order valence-electron chi connectivity index (χ2n) is 5.41. The van der Waals surface area contributed by atoms with E-state index in [4.69, 9.17) is 0 Å². The minimum absolute atomic E-state index is 0.511. The van der Waals surface area contributed by atoms with Gasteiger partial charge < -0.3 is 5.32 Å². The molecule has 94 valence electrons. The van der Waals surface area contributed by atoms with Crippen molar-refractivity contribution < 1.29 is 0 Å². The first-order valence-electron chi connectivity index (χ1n) is 7.04. The molecule has 1 aliphatic rings. The summed E-state index contributed by atoms with van der Waals surface area (Å²) in [6, 6.07) is 9.55. The van der Waals surface area contributed by atoms with E-state index in [0.717, 1.165) is 5.92 Å². The number of rotatable bonds is 5. The molecule has 0 saturated heterocycles. The number of benzene rings is 1.